The van der Waals surface area contributed by atoms with E-state index in [1.807, 2.05) is 19.1 Å². The van der Waals surface area contributed by atoms with Crippen LogP contribution in [0.25, 0.3) is 0 Å². The van der Waals surface area contributed by atoms with Crippen molar-refractivity contribution < 1.29 is 23.2 Å². The molecule has 0 spiro atoms. The molecule has 0 saturated heterocycles. The number of amides is 1. The molecule has 2 rings (SSSR count). The van der Waals surface area contributed by atoms with Gasteiger partial charge < -0.3 is 9.64 Å². The molecular formula is C24H34N2O5S. The molecule has 0 saturated carbocycles. The minimum atomic E-state index is -3.76. The van der Waals surface area contributed by atoms with Crippen LogP contribution < -0.4 is 4.74 Å². The average molecular weight is 463 g/mol. The van der Waals surface area contributed by atoms with Crippen LogP contribution in [0.15, 0.2) is 53.4 Å². The van der Waals surface area contributed by atoms with E-state index < -0.39 is 21.6 Å². The van der Waals surface area contributed by atoms with E-state index in [0.29, 0.717) is 23.0 Å². The zero-order valence-corrected chi connectivity index (χ0v) is 19.9. The van der Waals surface area contributed by atoms with Gasteiger partial charge in [0.25, 0.3) is 0 Å². The SMILES string of the molecule is CCOc1ccc(S(=O)(=O)CC(c2ccc(CCCN(CC)CC)cc2)N(O)C=O)cc1. The number of aryl methyl sites for hydroxylation is 1. The van der Waals surface area contributed by atoms with Crippen LogP contribution in [0.4, 0.5) is 0 Å². The third kappa shape index (κ3) is 7.32. The minimum absolute atomic E-state index is 0.110. The lowest BCUT2D eigenvalue weighted by Crippen LogP contribution is -2.30. The molecule has 1 amide bonds. The molecule has 176 valence electrons. The summed E-state index contributed by atoms with van der Waals surface area (Å²) in [4.78, 5) is 13.7. The highest BCUT2D eigenvalue weighted by atomic mass is 32.2. The van der Waals surface area contributed by atoms with Crippen molar-refractivity contribution in [1.29, 1.82) is 0 Å². The maximum absolute atomic E-state index is 12.9. The second kappa shape index (κ2) is 12.6. The first-order chi connectivity index (χ1) is 15.3. The van der Waals surface area contributed by atoms with Crippen LogP contribution in [0.1, 0.15) is 44.4 Å². The minimum Gasteiger partial charge on any atom is -0.494 e. The Bertz CT molecular complexity index is 926. The van der Waals surface area contributed by atoms with Crippen LogP contribution in [0.3, 0.4) is 0 Å². The summed E-state index contributed by atoms with van der Waals surface area (Å²) in [5, 5.41) is 10.5. The molecule has 0 aliphatic rings. The first-order valence-electron chi connectivity index (χ1n) is 11.0. The first kappa shape index (κ1) is 25.8. The van der Waals surface area contributed by atoms with Crippen molar-refractivity contribution in [3.8, 4) is 5.75 Å². The highest BCUT2D eigenvalue weighted by molar-refractivity contribution is 7.91. The van der Waals surface area contributed by atoms with Crippen molar-refractivity contribution in [2.45, 2.75) is 44.6 Å². The van der Waals surface area contributed by atoms with Gasteiger partial charge in [-0.15, -0.1) is 0 Å². The summed E-state index contributed by atoms with van der Waals surface area (Å²) < 4.78 is 31.2. The predicted molar refractivity (Wildman–Crippen MR) is 125 cm³/mol. The number of hydroxylamine groups is 2. The highest BCUT2D eigenvalue weighted by Crippen LogP contribution is 2.25. The maximum Gasteiger partial charge on any atom is 0.233 e. The van der Waals surface area contributed by atoms with Crippen LogP contribution in [-0.2, 0) is 21.1 Å². The van der Waals surface area contributed by atoms with Gasteiger partial charge in [0.15, 0.2) is 9.84 Å². The van der Waals surface area contributed by atoms with Gasteiger partial charge in [0.05, 0.1) is 23.3 Å². The van der Waals surface area contributed by atoms with Gasteiger partial charge in [0, 0.05) is 0 Å². The van der Waals surface area contributed by atoms with E-state index in [-0.39, 0.29) is 11.3 Å². The fraction of sp³-hybridized carbons (Fsp3) is 0.458. The van der Waals surface area contributed by atoms with Gasteiger partial charge in [0.2, 0.25) is 6.41 Å². The molecule has 1 atom stereocenters. The standard InChI is InChI=1S/C24H34N2O5S/c1-4-25(5-2)17-7-8-20-9-11-21(12-10-20)24(26(28)19-27)18-32(29,30)23-15-13-22(14-16-23)31-6-3/h9-16,19,24,28H,4-8,17-18H2,1-3H3. The Morgan fingerprint density at radius 3 is 2.16 bits per heavy atom. The number of sulfone groups is 1. The molecule has 0 aliphatic carbocycles. The van der Waals surface area contributed by atoms with Crippen molar-refractivity contribution in [2.24, 2.45) is 0 Å². The number of hydrogen-bond donors (Lipinski definition) is 1. The molecule has 0 bridgehead atoms. The molecule has 1 unspecified atom stereocenters. The number of carbonyl (C=O) groups is 1. The largest absolute Gasteiger partial charge is 0.494 e. The van der Waals surface area contributed by atoms with Gasteiger partial charge in [-0.2, -0.15) is 0 Å². The second-order valence-corrected chi connectivity index (χ2v) is 9.59. The molecule has 0 heterocycles. The van der Waals surface area contributed by atoms with E-state index >= 15 is 0 Å². The van der Waals surface area contributed by atoms with Crippen LogP contribution in [0, 0.1) is 0 Å². The van der Waals surface area contributed by atoms with Gasteiger partial charge in [-0.05, 0) is 74.8 Å². The maximum atomic E-state index is 12.9. The van der Waals surface area contributed by atoms with E-state index in [4.69, 9.17) is 4.74 Å². The molecule has 2 aromatic rings. The zero-order chi connectivity index (χ0) is 23.6. The molecule has 32 heavy (non-hydrogen) atoms. The Morgan fingerprint density at radius 1 is 1.00 bits per heavy atom. The number of rotatable bonds is 14. The van der Waals surface area contributed by atoms with Gasteiger partial charge in [-0.1, -0.05) is 38.1 Å². The van der Waals surface area contributed by atoms with E-state index in [9.17, 15) is 18.4 Å². The molecule has 7 nitrogen and oxygen atoms in total. The van der Waals surface area contributed by atoms with Crippen molar-refractivity contribution in [3.63, 3.8) is 0 Å². The lowest BCUT2D eigenvalue weighted by Gasteiger charge is -2.23. The summed E-state index contributed by atoms with van der Waals surface area (Å²) in [7, 11) is -3.76. The number of carbonyl (C=O) groups excluding carboxylic acids is 1. The van der Waals surface area contributed by atoms with Crippen molar-refractivity contribution >= 4 is 16.2 Å². The summed E-state index contributed by atoms with van der Waals surface area (Å²) in [6, 6.07) is 12.5. The zero-order valence-electron chi connectivity index (χ0n) is 19.1. The van der Waals surface area contributed by atoms with Crippen LogP contribution >= 0.6 is 0 Å². The molecule has 1 N–H and O–H groups in total. The summed E-state index contributed by atoms with van der Waals surface area (Å²) in [6.07, 6.45) is 2.16. The summed E-state index contributed by atoms with van der Waals surface area (Å²) in [5.74, 6) is 0.147. The summed E-state index contributed by atoms with van der Waals surface area (Å²) in [5.41, 5.74) is 1.69. The Morgan fingerprint density at radius 2 is 1.62 bits per heavy atom. The van der Waals surface area contributed by atoms with Crippen LogP contribution in [-0.4, -0.2) is 62.0 Å². The van der Waals surface area contributed by atoms with Crippen LogP contribution in [0.5, 0.6) is 5.75 Å². The lowest BCUT2D eigenvalue weighted by atomic mass is 10.0. The van der Waals surface area contributed by atoms with E-state index in [1.54, 1.807) is 24.3 Å². The van der Waals surface area contributed by atoms with E-state index in [1.165, 1.54) is 12.1 Å². The summed E-state index contributed by atoms with van der Waals surface area (Å²) in [6.45, 7) is 9.70. The highest BCUT2D eigenvalue weighted by Gasteiger charge is 2.27. The van der Waals surface area contributed by atoms with Gasteiger partial charge in [-0.25, -0.2) is 13.5 Å². The molecule has 2 aromatic carbocycles. The molecule has 0 aliphatic heterocycles. The van der Waals surface area contributed by atoms with Gasteiger partial charge in [-0.3, -0.25) is 10.0 Å². The van der Waals surface area contributed by atoms with Crippen molar-refractivity contribution in [2.75, 3.05) is 32.0 Å². The topological polar surface area (TPSA) is 87.2 Å². The molecule has 0 fully saturated rings. The smallest absolute Gasteiger partial charge is 0.233 e. The van der Waals surface area contributed by atoms with E-state index in [0.717, 1.165) is 38.0 Å². The number of benzene rings is 2. The van der Waals surface area contributed by atoms with E-state index in [2.05, 4.69) is 18.7 Å². The second-order valence-electron chi connectivity index (χ2n) is 7.56. The van der Waals surface area contributed by atoms with Crippen molar-refractivity contribution in [3.05, 3.63) is 59.7 Å². The fourth-order valence-electron chi connectivity index (χ4n) is 3.57. The molecule has 0 radical (unpaired) electrons. The fourth-order valence-corrected chi connectivity index (χ4v) is 5.07. The normalized spacial score (nSPS) is 12.5. The number of nitrogens with zero attached hydrogens (tertiary/aromatic N) is 2. The Balaban J connectivity index is 2.13. The Labute approximate surface area is 191 Å². The third-order valence-electron chi connectivity index (χ3n) is 5.50. The third-order valence-corrected chi connectivity index (χ3v) is 7.24. The molecular weight excluding hydrogens is 428 g/mol. The molecule has 0 aromatic heterocycles. The average Bonchev–Trinajstić information content (AvgIpc) is 2.81. The Kier molecular flexibility index (Phi) is 10.2. The van der Waals surface area contributed by atoms with Gasteiger partial charge >= 0.3 is 0 Å². The van der Waals surface area contributed by atoms with Crippen molar-refractivity contribution in [1.82, 2.24) is 9.96 Å². The first-order valence-corrected chi connectivity index (χ1v) is 12.7. The van der Waals surface area contributed by atoms with Gasteiger partial charge in [0.1, 0.15) is 5.75 Å². The predicted octanol–water partition coefficient (Wildman–Crippen LogP) is 3.72. The summed E-state index contributed by atoms with van der Waals surface area (Å²) >= 11 is 0. The number of hydrogen-bond acceptors (Lipinski definition) is 6. The Hall–Kier alpha value is -2.42. The van der Waals surface area contributed by atoms with Crippen LogP contribution in [0.2, 0.25) is 0 Å². The molecule has 8 heteroatoms. The monoisotopic (exact) mass is 462 g/mol. The quantitative estimate of drug-likeness (QED) is 0.262. The lowest BCUT2D eigenvalue weighted by molar-refractivity contribution is -0.158. The number of ether oxygens (including phenoxy) is 1.